The van der Waals surface area contributed by atoms with Crippen LogP contribution in [0.25, 0.3) is 0 Å². The second-order valence-electron chi connectivity index (χ2n) is 31.2. The van der Waals surface area contributed by atoms with Gasteiger partial charge in [-0.3, -0.25) is 9.98 Å². The second-order valence-corrected chi connectivity index (χ2v) is 31.2. The van der Waals surface area contributed by atoms with Crippen LogP contribution in [0.1, 0.15) is 460 Å². The Morgan fingerprint density at radius 2 is 0.429 bits per heavy atom. The molecule has 0 aliphatic rings. The molecule has 2 aromatic rings. The molecule has 3 heteroatoms. The van der Waals surface area contributed by atoms with E-state index in [4.69, 9.17) is 9.98 Å². The topological polar surface area (TPSA) is 24.7 Å². The van der Waals surface area contributed by atoms with E-state index in [1.807, 2.05) is 0 Å². The maximum absolute atomic E-state index is 6.18. The van der Waals surface area contributed by atoms with E-state index in [1.54, 1.807) is 27.8 Å². The van der Waals surface area contributed by atoms with Crippen LogP contribution in [-0.4, -0.2) is 11.9 Å². The number of allylic oxidation sites excluding steroid dienone is 16. The van der Waals surface area contributed by atoms with Crippen LogP contribution in [0.3, 0.4) is 0 Å². The number of nitrogens with zero attached hydrogens (tertiary/aromatic N) is 2. The van der Waals surface area contributed by atoms with Crippen molar-refractivity contribution in [3.63, 3.8) is 0 Å². The Labute approximate surface area is 666 Å². The fourth-order valence-corrected chi connectivity index (χ4v) is 15.0. The van der Waals surface area contributed by atoms with Gasteiger partial charge in [0.05, 0.1) is 17.1 Å². The summed E-state index contributed by atoms with van der Waals surface area (Å²) in [6, 6.07) is 5.26. The molecule has 0 saturated heterocycles. The second kappa shape index (κ2) is 76.9. The summed E-state index contributed by atoms with van der Waals surface area (Å²) in [4.78, 5) is 12.2. The molecule has 598 valence electrons. The summed E-state index contributed by atoms with van der Waals surface area (Å²) in [5.41, 5.74) is 16.2. The molecule has 0 N–H and O–H groups in total. The van der Waals surface area contributed by atoms with Crippen LogP contribution in [0, 0.1) is 0 Å². The number of aryl methyl sites for hydroxylation is 2. The summed E-state index contributed by atoms with van der Waals surface area (Å²) in [7, 11) is 0. The van der Waals surface area contributed by atoms with Gasteiger partial charge in [-0.05, 0) is 275 Å². The zero-order valence-corrected chi connectivity index (χ0v) is 72.2. The van der Waals surface area contributed by atoms with Gasteiger partial charge in [0.1, 0.15) is 0 Å². The summed E-state index contributed by atoms with van der Waals surface area (Å²) in [6.45, 7) is 21.0. The van der Waals surface area contributed by atoms with Gasteiger partial charge >= 0.3 is 16.5 Å². The van der Waals surface area contributed by atoms with Gasteiger partial charge in [0.25, 0.3) is 0 Å². The van der Waals surface area contributed by atoms with Crippen LogP contribution in [0.5, 0.6) is 0 Å². The van der Waals surface area contributed by atoms with Crippen LogP contribution < -0.4 is 0 Å². The van der Waals surface area contributed by atoms with Crippen molar-refractivity contribution in [2.75, 3.05) is 0 Å². The maximum atomic E-state index is 6.18. The molecule has 0 atom stereocenters. The normalized spacial score (nSPS) is 12.6. The Bertz CT molecular complexity index is 2590. The van der Waals surface area contributed by atoms with Gasteiger partial charge in [0.2, 0.25) is 0 Å². The third-order valence-corrected chi connectivity index (χ3v) is 21.5. The largest absolute Gasteiger partial charge is 2.00 e. The number of hydrogen-bond donors (Lipinski definition) is 0. The summed E-state index contributed by atoms with van der Waals surface area (Å²) in [5, 5.41) is 0. The van der Waals surface area contributed by atoms with Crippen molar-refractivity contribution in [2.24, 2.45) is 9.98 Å². The van der Waals surface area contributed by atoms with Gasteiger partial charge in [-0.15, -0.1) is 0 Å². The van der Waals surface area contributed by atoms with Crippen LogP contribution >= 0.6 is 0 Å². The first-order chi connectivity index (χ1) is 51.5. The van der Waals surface area contributed by atoms with E-state index in [9.17, 15) is 0 Å². The van der Waals surface area contributed by atoms with Gasteiger partial charge in [0, 0.05) is 6.21 Å². The molecule has 0 aliphatic carbocycles. The van der Waals surface area contributed by atoms with Crippen LogP contribution in [-0.2, 0) is 67.9 Å². The molecule has 2 nitrogen and oxygen atoms in total. The van der Waals surface area contributed by atoms with E-state index < -0.39 is 0 Å². The molecule has 0 heterocycles. The Balaban J connectivity index is 0.0000551. The number of benzene rings is 2. The molecule has 0 fully saturated rings. The third-order valence-electron chi connectivity index (χ3n) is 21.5. The number of unbranched alkanes of at least 4 members (excludes halogenated alkanes) is 37. The minimum atomic E-state index is 0. The smallest absolute Gasteiger partial charge is 0.255 e. The first kappa shape index (κ1) is 99.2. The average Bonchev–Trinajstić information content (AvgIpc) is 0.798. The average molecular weight is 1490 g/mol. The first-order valence-electron chi connectivity index (χ1n) is 46.1. The van der Waals surface area contributed by atoms with Crippen molar-refractivity contribution in [3.05, 3.63) is 154 Å². The molecule has 2 aromatic carbocycles. The van der Waals surface area contributed by atoms with Crippen molar-refractivity contribution in [3.8, 4) is 0 Å². The van der Waals surface area contributed by atoms with Gasteiger partial charge in [-0.2, -0.15) is 0 Å². The summed E-state index contributed by atoms with van der Waals surface area (Å²) in [5.74, 6) is 0. The third kappa shape index (κ3) is 54.5. The molecular formula is C102H172N2Ni+2. The molecule has 0 aromatic heterocycles. The van der Waals surface area contributed by atoms with Crippen molar-refractivity contribution < 1.29 is 16.5 Å². The molecule has 0 saturated carbocycles. The molecule has 0 bridgehead atoms. The van der Waals surface area contributed by atoms with E-state index in [1.165, 1.54) is 323 Å². The van der Waals surface area contributed by atoms with Crippen molar-refractivity contribution in [1.29, 1.82) is 0 Å². The predicted molar refractivity (Wildman–Crippen MR) is 476 cm³/mol. The fraction of sp³-hybridized carbons (Fsp3) is 0.706. The molecular weight excluding hydrogens is 1310 g/mol. The molecule has 0 radical (unpaired) electrons. The zero-order chi connectivity index (χ0) is 74.7. The van der Waals surface area contributed by atoms with Crippen LogP contribution in [0.15, 0.2) is 119 Å². The molecule has 105 heavy (non-hydrogen) atoms. The van der Waals surface area contributed by atoms with E-state index in [0.717, 1.165) is 116 Å². The minimum absolute atomic E-state index is 0. The number of hydrogen-bond acceptors (Lipinski definition) is 2. The van der Waals surface area contributed by atoms with Gasteiger partial charge in [0.15, 0.2) is 0 Å². The molecule has 0 spiro atoms. The van der Waals surface area contributed by atoms with Crippen LogP contribution in [0.2, 0.25) is 0 Å². The monoisotopic (exact) mass is 1480 g/mol. The first-order valence-corrected chi connectivity index (χ1v) is 46.1. The molecule has 2 rings (SSSR count). The minimum Gasteiger partial charge on any atom is -0.255 e. The fourth-order valence-electron chi connectivity index (χ4n) is 15.0. The number of rotatable bonds is 74. The van der Waals surface area contributed by atoms with Gasteiger partial charge < -0.3 is 0 Å². The van der Waals surface area contributed by atoms with Crippen molar-refractivity contribution in [1.82, 2.24) is 0 Å². The summed E-state index contributed by atoms with van der Waals surface area (Å²) in [6.07, 6.45) is 120. The van der Waals surface area contributed by atoms with E-state index in [0.29, 0.717) is 0 Å². The molecule has 0 amide bonds. The standard InChI is InChI=1S/C102H172N2.Ni/c1-10-19-28-37-46-54-62-71-80-92-89-101(99(87-78-69-60-52-43-34-25-16-7)97(85-76-67-58-50-41-32-23-14-5)95(92)83-74-65-56-48-39-30-21-12-3)103-91-94(82-73-64-45-36-27-18-9)104-102-90-93(81-72-63-55-47-38-29-20-11-2)96(84-75-66-57-49-40-31-22-13-4)98(86-77-68-59-51-42-33-24-15-6)100(102)88-79-70-61-53-44-35-26-17-8;/h54-63,65-70,89-91H,10-53,64,71-88H2,1-9H3;/q;+2/b62-54+,63-55+,65-56+,66-57+,67-58+,68-59+,69-60+,70-61+,103-91?,104-94?;. The zero-order valence-electron chi connectivity index (χ0n) is 71.2. The van der Waals surface area contributed by atoms with E-state index in [2.05, 4.69) is 178 Å². The quantitative estimate of drug-likeness (QED) is 0.0273. The van der Waals surface area contributed by atoms with E-state index >= 15 is 0 Å². The van der Waals surface area contributed by atoms with Gasteiger partial charge in [-0.1, -0.05) is 346 Å². The Hall–Kier alpha value is -3.81. The van der Waals surface area contributed by atoms with E-state index in [-0.39, 0.29) is 16.5 Å². The predicted octanol–water partition coefficient (Wildman–Crippen LogP) is 34.6. The molecule has 0 aliphatic heterocycles. The summed E-state index contributed by atoms with van der Waals surface area (Å²) < 4.78 is 0. The summed E-state index contributed by atoms with van der Waals surface area (Å²) >= 11 is 0. The van der Waals surface area contributed by atoms with Gasteiger partial charge in [-0.25, -0.2) is 0 Å². The van der Waals surface area contributed by atoms with Crippen LogP contribution in [0.4, 0.5) is 11.4 Å². The Morgan fingerprint density at radius 3 is 0.714 bits per heavy atom. The number of aliphatic imine (C=N–C) groups is 2. The van der Waals surface area contributed by atoms with Crippen molar-refractivity contribution >= 4 is 23.3 Å². The molecule has 0 unspecified atom stereocenters. The Kier molecular flexibility index (Phi) is 72.7. The Morgan fingerprint density at radius 1 is 0.219 bits per heavy atom. The van der Waals surface area contributed by atoms with Crippen molar-refractivity contribution in [2.45, 2.75) is 467 Å². The SMILES string of the molecule is CCCCCC/C=C/CCc1cc(N=CC(CCCCCCCC)=Nc2cc(CC/C=C/CCCCCC)c(CC/C=C/CCCCCC)c(CC/C=C/CCCCCC)c2CC/C=C/CCCCCC)c(CC/C=C/CCCCCC)c(CC/C=C/CCCCCC)c1CC/C=C/CCCCCC.[Ni+2]. The maximum Gasteiger partial charge on any atom is 2.00 e.